The first-order chi connectivity index (χ1) is 10.1. The van der Waals surface area contributed by atoms with Crippen LogP contribution in [-0.4, -0.2) is 31.8 Å². The van der Waals surface area contributed by atoms with E-state index < -0.39 is 17.9 Å². The van der Waals surface area contributed by atoms with Gasteiger partial charge in [0.05, 0.1) is 18.6 Å². The van der Waals surface area contributed by atoms with Crippen molar-refractivity contribution >= 4 is 23.8 Å². The first kappa shape index (κ1) is 21.2. The molecule has 6 nitrogen and oxygen atoms in total. The van der Waals surface area contributed by atoms with E-state index in [4.69, 9.17) is 21.9 Å². The molecule has 1 atom stereocenters. The summed E-state index contributed by atoms with van der Waals surface area (Å²) in [7, 11) is 0. The fraction of sp³-hybridized carbons (Fsp3) is 0.357. The molecule has 21 heavy (non-hydrogen) atoms. The van der Waals surface area contributed by atoms with Gasteiger partial charge in [-0.05, 0) is 6.92 Å². The highest BCUT2D eigenvalue weighted by atomic mass is 35.5. The third-order valence-corrected chi connectivity index (χ3v) is 1.98. The van der Waals surface area contributed by atoms with Crippen molar-refractivity contribution in [2.24, 2.45) is 5.92 Å². The number of carbonyl (C=O) groups is 2. The Morgan fingerprint density at radius 3 is 2.48 bits per heavy atom. The van der Waals surface area contributed by atoms with E-state index in [1.807, 2.05) is 6.92 Å². The van der Waals surface area contributed by atoms with E-state index in [0.29, 0.717) is 19.8 Å². The van der Waals surface area contributed by atoms with Gasteiger partial charge in [0.15, 0.2) is 0 Å². The maximum atomic E-state index is 10.7. The predicted octanol–water partition coefficient (Wildman–Crippen LogP) is 2.32. The van der Waals surface area contributed by atoms with Crippen molar-refractivity contribution in [2.45, 2.75) is 6.92 Å². The van der Waals surface area contributed by atoms with Crippen LogP contribution in [0.5, 0.6) is 0 Å². The number of rotatable bonds is 8. The maximum Gasteiger partial charge on any atom is 0.335 e. The lowest BCUT2D eigenvalue weighted by atomic mass is 10.1. The summed E-state index contributed by atoms with van der Waals surface area (Å²) < 4.78 is 13.4. The molecule has 0 rings (SSSR count). The van der Waals surface area contributed by atoms with Gasteiger partial charge in [0.2, 0.25) is 0 Å². The SMILES string of the molecule is C=CC(=O)OCCOCC.C=CC(C=CC#N)C(=O)OCl. The van der Waals surface area contributed by atoms with Crippen LogP contribution in [0.2, 0.25) is 0 Å². The first-order valence-corrected chi connectivity index (χ1v) is 6.26. The minimum atomic E-state index is -0.646. The molecule has 0 fully saturated rings. The Morgan fingerprint density at radius 2 is 2.05 bits per heavy atom. The summed E-state index contributed by atoms with van der Waals surface area (Å²) in [5.41, 5.74) is 0. The molecule has 0 aliphatic heterocycles. The van der Waals surface area contributed by atoms with Crippen molar-refractivity contribution in [3.05, 3.63) is 37.5 Å². The van der Waals surface area contributed by atoms with Crippen LogP contribution in [0.3, 0.4) is 0 Å². The van der Waals surface area contributed by atoms with E-state index in [2.05, 4.69) is 22.2 Å². The molecule has 0 heterocycles. The quantitative estimate of drug-likeness (QED) is 0.225. The molecule has 0 bridgehead atoms. The summed E-state index contributed by atoms with van der Waals surface area (Å²) in [6.45, 7) is 9.89. The molecular weight excluding hydrogens is 298 g/mol. The van der Waals surface area contributed by atoms with Crippen LogP contribution >= 0.6 is 11.9 Å². The van der Waals surface area contributed by atoms with Crippen molar-refractivity contribution in [3.63, 3.8) is 0 Å². The van der Waals surface area contributed by atoms with E-state index in [9.17, 15) is 9.59 Å². The van der Waals surface area contributed by atoms with Gasteiger partial charge in [-0.25, -0.2) is 9.59 Å². The van der Waals surface area contributed by atoms with Crippen LogP contribution in [0.15, 0.2) is 37.5 Å². The Balaban J connectivity index is 0. The standard InChI is InChI=1S/C7H6ClNO2.C7H12O3/c1-2-6(4-3-5-9)7(10)11-8;1-3-7(8)10-6-5-9-4-2/h2-4,6H,1H2;3H,1,4-6H2,2H3. The minimum absolute atomic E-state index is 0.304. The zero-order chi connectivity index (χ0) is 16.5. The zero-order valence-corrected chi connectivity index (χ0v) is 12.5. The van der Waals surface area contributed by atoms with Crippen LogP contribution < -0.4 is 0 Å². The Bertz CT molecular complexity index is 401. The average molecular weight is 316 g/mol. The van der Waals surface area contributed by atoms with Crippen molar-refractivity contribution in [2.75, 3.05) is 19.8 Å². The Hall–Kier alpha value is -2.10. The van der Waals surface area contributed by atoms with Crippen molar-refractivity contribution in [1.29, 1.82) is 5.26 Å². The van der Waals surface area contributed by atoms with Gasteiger partial charge in [-0.1, -0.05) is 18.7 Å². The summed E-state index contributed by atoms with van der Waals surface area (Å²) in [4.78, 5) is 21.0. The third kappa shape index (κ3) is 14.1. The predicted molar refractivity (Wildman–Crippen MR) is 78.0 cm³/mol. The van der Waals surface area contributed by atoms with Crippen LogP contribution in [0.25, 0.3) is 0 Å². The fourth-order valence-corrected chi connectivity index (χ4v) is 0.959. The first-order valence-electron chi connectivity index (χ1n) is 5.95. The summed E-state index contributed by atoms with van der Waals surface area (Å²) in [6.07, 6.45) is 4.97. The number of esters is 1. The number of nitrogens with zero attached hydrogens (tertiary/aromatic N) is 1. The molecule has 0 N–H and O–H groups in total. The number of hydrogen-bond acceptors (Lipinski definition) is 6. The second kappa shape index (κ2) is 16.0. The molecule has 116 valence electrons. The van der Waals surface area contributed by atoms with Gasteiger partial charge in [-0.15, -0.1) is 6.58 Å². The highest BCUT2D eigenvalue weighted by Gasteiger charge is 2.11. The summed E-state index contributed by atoms with van der Waals surface area (Å²) in [6, 6.07) is 1.73. The lowest BCUT2D eigenvalue weighted by Crippen LogP contribution is -2.08. The third-order valence-electron chi connectivity index (χ3n) is 1.82. The van der Waals surface area contributed by atoms with Gasteiger partial charge in [-0.2, -0.15) is 5.26 Å². The lowest BCUT2D eigenvalue weighted by molar-refractivity contribution is -0.139. The van der Waals surface area contributed by atoms with Gasteiger partial charge >= 0.3 is 11.9 Å². The molecule has 0 aliphatic rings. The van der Waals surface area contributed by atoms with Crippen LogP contribution in [-0.2, 0) is 23.4 Å². The Morgan fingerprint density at radius 1 is 1.38 bits per heavy atom. The molecule has 0 spiro atoms. The van der Waals surface area contributed by atoms with E-state index in [0.717, 1.165) is 6.08 Å². The molecule has 0 saturated heterocycles. The molecule has 0 aliphatic carbocycles. The fourth-order valence-electron chi connectivity index (χ4n) is 0.856. The highest BCUT2D eigenvalue weighted by Crippen LogP contribution is 2.04. The molecule has 0 aromatic rings. The molecule has 7 heteroatoms. The number of hydrogen-bond donors (Lipinski definition) is 0. The van der Waals surface area contributed by atoms with Crippen LogP contribution in [0.4, 0.5) is 0 Å². The number of ether oxygens (including phenoxy) is 2. The molecule has 1 unspecified atom stereocenters. The molecule has 0 aromatic heterocycles. The highest BCUT2D eigenvalue weighted by molar-refractivity contribution is 6.13. The smallest absolute Gasteiger partial charge is 0.335 e. The van der Waals surface area contributed by atoms with Gasteiger partial charge in [0.25, 0.3) is 0 Å². The summed E-state index contributed by atoms with van der Waals surface area (Å²) in [5, 5.41) is 8.11. The molecule has 0 radical (unpaired) electrons. The average Bonchev–Trinajstić information content (AvgIpc) is 2.52. The normalized spacial score (nSPS) is 10.5. The van der Waals surface area contributed by atoms with Crippen LogP contribution in [0.1, 0.15) is 6.92 Å². The number of halogens is 1. The lowest BCUT2D eigenvalue weighted by Gasteiger charge is -2.00. The number of allylic oxidation sites excluding steroid dienone is 1. The number of carbonyl (C=O) groups excluding carboxylic acids is 2. The molecule has 0 aromatic carbocycles. The van der Waals surface area contributed by atoms with Crippen molar-refractivity contribution in [3.8, 4) is 6.07 Å². The van der Waals surface area contributed by atoms with Crippen LogP contribution in [0, 0.1) is 17.2 Å². The molecule has 0 saturated carbocycles. The van der Waals surface area contributed by atoms with E-state index >= 15 is 0 Å². The second-order valence-corrected chi connectivity index (χ2v) is 3.37. The monoisotopic (exact) mass is 315 g/mol. The Labute approximate surface area is 129 Å². The number of nitriles is 1. The van der Waals surface area contributed by atoms with E-state index in [-0.39, 0.29) is 0 Å². The van der Waals surface area contributed by atoms with Gasteiger partial charge in [0.1, 0.15) is 18.5 Å². The summed E-state index contributed by atoms with van der Waals surface area (Å²) in [5.74, 6) is -1.69. The molecular formula is C14H18ClNO5. The van der Waals surface area contributed by atoms with Gasteiger partial charge < -0.3 is 13.8 Å². The molecule has 0 amide bonds. The summed E-state index contributed by atoms with van der Waals surface area (Å²) >= 11 is 4.79. The maximum absolute atomic E-state index is 10.7. The largest absolute Gasteiger partial charge is 0.460 e. The van der Waals surface area contributed by atoms with E-state index in [1.165, 1.54) is 18.2 Å². The Kier molecular flexibility index (Phi) is 16.1. The van der Waals surface area contributed by atoms with Crippen molar-refractivity contribution < 1.29 is 23.4 Å². The van der Waals surface area contributed by atoms with Gasteiger partial charge in [-0.3, -0.25) is 0 Å². The zero-order valence-electron chi connectivity index (χ0n) is 11.8. The van der Waals surface area contributed by atoms with E-state index in [1.54, 1.807) is 6.07 Å². The topological polar surface area (TPSA) is 85.6 Å². The van der Waals surface area contributed by atoms with Gasteiger partial charge in [0, 0.05) is 18.8 Å². The second-order valence-electron chi connectivity index (χ2n) is 3.21. The van der Waals surface area contributed by atoms with Crippen molar-refractivity contribution in [1.82, 2.24) is 0 Å². The minimum Gasteiger partial charge on any atom is -0.460 e.